The summed E-state index contributed by atoms with van der Waals surface area (Å²) in [5.74, 6) is -6.66. The van der Waals surface area contributed by atoms with Crippen molar-refractivity contribution in [2.24, 2.45) is 0 Å². The van der Waals surface area contributed by atoms with Crippen LogP contribution in [0.1, 0.15) is 55.4 Å². The summed E-state index contributed by atoms with van der Waals surface area (Å²) < 4.78 is 55.1. The smallest absolute Gasteiger partial charge is 0.303 e. The van der Waals surface area contributed by atoms with Gasteiger partial charge in [0.15, 0.2) is 42.2 Å². The summed E-state index contributed by atoms with van der Waals surface area (Å²) in [5, 5.41) is -1.05. The number of carbonyl (C=O) groups excluding carboxylic acids is 8. The molecular weight excluding hydrogens is 656 g/mol. The fraction of sp³-hybridized carbons (Fsp3) is 0.714. The van der Waals surface area contributed by atoms with Crippen molar-refractivity contribution in [2.45, 2.75) is 115 Å². The summed E-state index contributed by atoms with van der Waals surface area (Å²) in [6.45, 7) is 7.52. The van der Waals surface area contributed by atoms with Crippen molar-refractivity contribution in [3.8, 4) is 0 Å². The molecule has 0 radical (unpaired) electrons. The number of hydrogen-bond acceptors (Lipinski definition) is 19. The molecule has 2 saturated heterocycles. The average Bonchev–Trinajstić information content (AvgIpc) is 2.91. The van der Waals surface area contributed by atoms with E-state index in [0.717, 1.165) is 67.2 Å². The van der Waals surface area contributed by atoms with Crippen molar-refractivity contribution in [3.05, 3.63) is 0 Å². The van der Waals surface area contributed by atoms with E-state index in [1.807, 2.05) is 0 Å². The van der Waals surface area contributed by atoms with Crippen LogP contribution in [-0.4, -0.2) is 121 Å². The van der Waals surface area contributed by atoms with Gasteiger partial charge in [0.1, 0.15) is 25.4 Å². The van der Waals surface area contributed by atoms with Gasteiger partial charge in [0.25, 0.3) is 0 Å². The van der Waals surface area contributed by atoms with E-state index in [4.69, 9.17) is 47.4 Å². The monoisotopic (exact) mass is 694 g/mol. The highest BCUT2D eigenvalue weighted by Crippen LogP contribution is 2.41. The van der Waals surface area contributed by atoms with Crippen LogP contribution < -0.4 is 0 Å². The molecule has 19 heteroatoms. The van der Waals surface area contributed by atoms with Crippen molar-refractivity contribution < 1.29 is 85.7 Å². The van der Waals surface area contributed by atoms with Gasteiger partial charge in [-0.3, -0.25) is 38.4 Å². The number of ether oxygens (including phenoxy) is 10. The first-order valence-corrected chi connectivity index (χ1v) is 15.1. The van der Waals surface area contributed by atoms with Crippen LogP contribution >= 0.6 is 11.8 Å². The molecule has 264 valence electrons. The summed E-state index contributed by atoms with van der Waals surface area (Å²) in [5.41, 5.74) is -1.29. The molecule has 2 heterocycles. The van der Waals surface area contributed by atoms with Gasteiger partial charge in [0.05, 0.1) is 5.25 Å². The molecule has 0 amide bonds. The van der Waals surface area contributed by atoms with Crippen molar-refractivity contribution in [3.63, 3.8) is 0 Å². The Morgan fingerprint density at radius 2 is 0.872 bits per heavy atom. The van der Waals surface area contributed by atoms with Crippen molar-refractivity contribution in [1.29, 1.82) is 0 Å². The molecule has 0 aliphatic carbocycles. The summed E-state index contributed by atoms with van der Waals surface area (Å²) in [7, 11) is 0. The molecule has 18 nitrogen and oxygen atoms in total. The minimum absolute atomic E-state index is 0.432. The van der Waals surface area contributed by atoms with Crippen LogP contribution in [0.25, 0.3) is 0 Å². The van der Waals surface area contributed by atoms with E-state index in [9.17, 15) is 38.4 Å². The van der Waals surface area contributed by atoms with Crippen molar-refractivity contribution in [1.82, 2.24) is 0 Å². The first-order valence-electron chi connectivity index (χ1n) is 14.2. The lowest BCUT2D eigenvalue weighted by Crippen LogP contribution is -2.66. The quantitative estimate of drug-likeness (QED) is 0.192. The van der Waals surface area contributed by atoms with Gasteiger partial charge in [0, 0.05) is 55.4 Å². The maximum absolute atomic E-state index is 12.3. The Balaban J connectivity index is 2.73. The van der Waals surface area contributed by atoms with Gasteiger partial charge < -0.3 is 47.4 Å². The predicted molar refractivity (Wildman–Crippen MR) is 152 cm³/mol. The normalized spacial score (nSPS) is 30.0. The molecule has 0 bridgehead atoms. The molecule has 0 aromatic carbocycles. The molecule has 2 aliphatic rings. The fourth-order valence-corrected chi connectivity index (χ4v) is 6.15. The van der Waals surface area contributed by atoms with Gasteiger partial charge in [-0.05, 0) is 0 Å². The van der Waals surface area contributed by atoms with Crippen molar-refractivity contribution >= 4 is 59.5 Å². The molecule has 0 unspecified atom stereocenters. The lowest BCUT2D eigenvalue weighted by molar-refractivity contribution is -0.325. The van der Waals surface area contributed by atoms with E-state index in [1.165, 1.54) is 0 Å². The second-order valence-corrected chi connectivity index (χ2v) is 11.6. The van der Waals surface area contributed by atoms with E-state index in [1.54, 1.807) is 0 Å². The first-order chi connectivity index (χ1) is 21.9. The fourth-order valence-electron chi connectivity index (χ4n) is 4.73. The Hall–Kier alpha value is -3.97. The van der Waals surface area contributed by atoms with Crippen molar-refractivity contribution in [2.75, 3.05) is 13.2 Å². The second kappa shape index (κ2) is 17.8. The standard InChI is InChI=1S/C28H38O18S/c1-11(29)37-9-19-21(39-13(3)31)23(40-14(4)32)25(42-16(6)34)27(45-19)46-22-20(10-38-12(2)30)47-28(44-18(8)36)26(43-17(7)35)24(22)41-15(5)33/h19-28H,9-10H2,1-8H3/t19-,20+,21-,22-,23+,24+,25-,26-,27-,28-/m1/s1. The first kappa shape index (κ1) is 39.2. The molecule has 0 aromatic heterocycles. The number of thioether (sulfide) groups is 1. The number of hydrogen-bond donors (Lipinski definition) is 0. The van der Waals surface area contributed by atoms with Crippen LogP contribution in [-0.2, 0) is 85.7 Å². The third-order valence-corrected chi connectivity index (χ3v) is 7.55. The van der Waals surface area contributed by atoms with Crippen LogP contribution in [0.5, 0.6) is 0 Å². The van der Waals surface area contributed by atoms with E-state index in [2.05, 4.69) is 0 Å². The molecule has 2 rings (SSSR count). The maximum atomic E-state index is 12.3. The zero-order valence-corrected chi connectivity index (χ0v) is 27.8. The summed E-state index contributed by atoms with van der Waals surface area (Å²) in [6, 6.07) is 0. The topological polar surface area (TPSA) is 229 Å². The highest BCUT2D eigenvalue weighted by atomic mass is 32.2. The molecule has 47 heavy (non-hydrogen) atoms. The third kappa shape index (κ3) is 12.3. The van der Waals surface area contributed by atoms with Gasteiger partial charge in [-0.15, -0.1) is 11.8 Å². The highest BCUT2D eigenvalue weighted by Gasteiger charge is 2.57. The van der Waals surface area contributed by atoms with Crippen LogP contribution in [0, 0.1) is 0 Å². The lowest BCUT2D eigenvalue weighted by atomic mass is 9.97. The van der Waals surface area contributed by atoms with E-state index < -0.39 is 121 Å². The molecule has 0 saturated carbocycles. The van der Waals surface area contributed by atoms with E-state index in [0.29, 0.717) is 0 Å². The minimum Gasteiger partial charge on any atom is -0.465 e. The van der Waals surface area contributed by atoms with Gasteiger partial charge in [0.2, 0.25) is 0 Å². The summed E-state index contributed by atoms with van der Waals surface area (Å²) in [4.78, 5) is 96.5. The number of rotatable bonds is 12. The van der Waals surface area contributed by atoms with Crippen LogP contribution in [0.15, 0.2) is 0 Å². The number of carbonyl (C=O) groups is 8. The van der Waals surface area contributed by atoms with Crippen LogP contribution in [0.4, 0.5) is 0 Å². The summed E-state index contributed by atoms with van der Waals surface area (Å²) in [6.07, 6.45) is -12.5. The van der Waals surface area contributed by atoms with Gasteiger partial charge in [-0.2, -0.15) is 0 Å². The Morgan fingerprint density at radius 3 is 1.34 bits per heavy atom. The Labute approximate surface area is 273 Å². The SMILES string of the molecule is CC(=O)OC[C@@H]1S[C@@H](OC(C)=O)[C@H](OC(C)=O)[C@@H](OC(C)=O)[C@@H]1O[C@H]1O[C@H](COC(C)=O)[C@@H](OC(C)=O)[C@H](OC(C)=O)[C@H]1OC(C)=O. The Bertz CT molecular complexity index is 1200. The largest absolute Gasteiger partial charge is 0.465 e. The molecular formula is C28H38O18S. The van der Waals surface area contributed by atoms with E-state index in [-0.39, 0.29) is 0 Å². The summed E-state index contributed by atoms with van der Waals surface area (Å²) >= 11 is 0.829. The molecule has 10 atom stereocenters. The highest BCUT2D eigenvalue weighted by molar-refractivity contribution is 8.00. The van der Waals surface area contributed by atoms with Gasteiger partial charge in [-0.1, -0.05) is 0 Å². The number of esters is 8. The molecule has 2 aliphatic heterocycles. The second-order valence-electron chi connectivity index (χ2n) is 10.3. The average molecular weight is 695 g/mol. The van der Waals surface area contributed by atoms with Crippen LogP contribution in [0.3, 0.4) is 0 Å². The zero-order chi connectivity index (χ0) is 35.6. The van der Waals surface area contributed by atoms with E-state index >= 15 is 0 Å². The van der Waals surface area contributed by atoms with Crippen LogP contribution in [0.2, 0.25) is 0 Å². The molecule has 2 fully saturated rings. The zero-order valence-electron chi connectivity index (χ0n) is 26.9. The Morgan fingerprint density at radius 1 is 0.468 bits per heavy atom. The molecule has 0 N–H and O–H groups in total. The van der Waals surface area contributed by atoms with Gasteiger partial charge in [-0.25, -0.2) is 0 Å². The predicted octanol–water partition coefficient (Wildman–Crippen LogP) is -0.114. The molecule has 0 aromatic rings. The molecule has 0 spiro atoms. The Kier molecular flexibility index (Phi) is 14.9. The minimum atomic E-state index is -1.76. The van der Waals surface area contributed by atoms with Gasteiger partial charge >= 0.3 is 47.8 Å². The third-order valence-electron chi connectivity index (χ3n) is 6.17. The maximum Gasteiger partial charge on any atom is 0.303 e. The lowest BCUT2D eigenvalue weighted by Gasteiger charge is -2.48.